The second-order valence-corrected chi connectivity index (χ2v) is 6.70. The van der Waals surface area contributed by atoms with E-state index < -0.39 is 6.61 Å². The van der Waals surface area contributed by atoms with Gasteiger partial charge in [0.2, 0.25) is 0 Å². The minimum absolute atomic E-state index is 0.0900. The number of aromatic nitrogens is 1. The van der Waals surface area contributed by atoms with Crippen LogP contribution in [0.1, 0.15) is 31.7 Å². The first kappa shape index (κ1) is 24.2. The quantitative estimate of drug-likeness (QED) is 0.250. The number of aliphatic imine (C=N–C) groups is 1. The van der Waals surface area contributed by atoms with Crippen molar-refractivity contribution in [2.75, 3.05) is 32.1 Å². The van der Waals surface area contributed by atoms with Crippen LogP contribution in [0, 0.1) is 0 Å². The normalized spacial score (nSPS) is 11.3. The summed E-state index contributed by atoms with van der Waals surface area (Å²) in [7, 11) is 1.66. The van der Waals surface area contributed by atoms with E-state index in [1.54, 1.807) is 25.4 Å². The number of rotatable bonds is 13. The van der Waals surface area contributed by atoms with E-state index in [0.29, 0.717) is 23.9 Å². The van der Waals surface area contributed by atoms with Gasteiger partial charge < -0.3 is 25.4 Å². The molecule has 0 bridgehead atoms. The van der Waals surface area contributed by atoms with Crippen LogP contribution >= 0.6 is 0 Å². The molecule has 0 radical (unpaired) electrons. The summed E-state index contributed by atoms with van der Waals surface area (Å²) in [5, 5.41) is 9.61. The fourth-order valence-electron chi connectivity index (χ4n) is 2.74. The maximum atomic E-state index is 12.8. The Hall–Kier alpha value is -3.10. The first-order chi connectivity index (χ1) is 15.1. The molecule has 0 atom stereocenters. The molecule has 9 heteroatoms. The van der Waals surface area contributed by atoms with Crippen molar-refractivity contribution >= 4 is 11.8 Å². The maximum Gasteiger partial charge on any atom is 0.387 e. The lowest BCUT2D eigenvalue weighted by molar-refractivity contribution is -0.0505. The zero-order valence-corrected chi connectivity index (χ0v) is 18.0. The Morgan fingerprint density at radius 2 is 1.97 bits per heavy atom. The van der Waals surface area contributed by atoms with Crippen molar-refractivity contribution < 1.29 is 18.3 Å². The van der Waals surface area contributed by atoms with Crippen molar-refractivity contribution in [2.24, 2.45) is 4.99 Å². The number of anilines is 1. The van der Waals surface area contributed by atoms with Gasteiger partial charge in [-0.05, 0) is 43.5 Å². The van der Waals surface area contributed by atoms with Gasteiger partial charge in [0.1, 0.15) is 17.3 Å². The molecule has 1 aromatic carbocycles. The van der Waals surface area contributed by atoms with E-state index in [1.807, 2.05) is 25.1 Å². The van der Waals surface area contributed by atoms with E-state index in [1.165, 1.54) is 6.07 Å². The van der Waals surface area contributed by atoms with Crippen molar-refractivity contribution in [2.45, 2.75) is 39.3 Å². The predicted molar refractivity (Wildman–Crippen MR) is 119 cm³/mol. The summed E-state index contributed by atoms with van der Waals surface area (Å²) in [6.07, 6.45) is 4.48. The molecule has 2 aromatic rings. The number of unbranched alkanes of at least 4 members (excludes halogenated alkanes) is 1. The Morgan fingerprint density at radius 1 is 1.13 bits per heavy atom. The molecular formula is C22H31F2N5O2. The van der Waals surface area contributed by atoms with Crippen LogP contribution in [0.4, 0.5) is 14.6 Å². The van der Waals surface area contributed by atoms with E-state index in [0.717, 1.165) is 38.2 Å². The third-order valence-electron chi connectivity index (χ3n) is 4.26. The molecule has 7 nitrogen and oxygen atoms in total. The van der Waals surface area contributed by atoms with Gasteiger partial charge >= 0.3 is 6.61 Å². The van der Waals surface area contributed by atoms with Crippen LogP contribution in [-0.2, 0) is 6.54 Å². The van der Waals surface area contributed by atoms with Gasteiger partial charge in [-0.3, -0.25) is 4.99 Å². The van der Waals surface area contributed by atoms with E-state index >= 15 is 0 Å². The van der Waals surface area contributed by atoms with E-state index in [2.05, 4.69) is 30.7 Å². The standard InChI is InChI=1S/C22H31F2N5O2/c1-3-14-30-18-10-9-17(19(15-18)31-21(23)24)16-29-22(25-2)28-13-7-6-12-27-20-8-4-5-11-26-20/h4-5,8-11,15,21H,3,6-7,12-14,16H2,1-2H3,(H,26,27)(H2,25,28,29). The molecule has 0 aliphatic heterocycles. The molecule has 0 saturated carbocycles. The highest BCUT2D eigenvalue weighted by Gasteiger charge is 2.12. The highest BCUT2D eigenvalue weighted by atomic mass is 19.3. The minimum Gasteiger partial charge on any atom is -0.493 e. The van der Waals surface area contributed by atoms with Crippen LogP contribution in [0.25, 0.3) is 0 Å². The van der Waals surface area contributed by atoms with Crippen molar-refractivity contribution in [1.82, 2.24) is 15.6 Å². The van der Waals surface area contributed by atoms with E-state index in [-0.39, 0.29) is 12.3 Å². The highest BCUT2D eigenvalue weighted by Crippen LogP contribution is 2.26. The molecule has 0 amide bonds. The zero-order chi connectivity index (χ0) is 22.3. The smallest absolute Gasteiger partial charge is 0.387 e. The number of nitrogens with one attached hydrogen (secondary N) is 3. The molecule has 0 aliphatic carbocycles. The molecule has 0 fully saturated rings. The molecule has 0 spiro atoms. The molecule has 31 heavy (non-hydrogen) atoms. The van der Waals surface area contributed by atoms with Crippen LogP contribution in [0.2, 0.25) is 0 Å². The second kappa shape index (κ2) is 14.0. The molecule has 0 unspecified atom stereocenters. The van der Waals surface area contributed by atoms with Crippen LogP contribution in [0.3, 0.4) is 0 Å². The minimum atomic E-state index is -2.91. The summed E-state index contributed by atoms with van der Waals surface area (Å²) in [5.41, 5.74) is 0.589. The Morgan fingerprint density at radius 3 is 2.68 bits per heavy atom. The molecule has 3 N–H and O–H groups in total. The van der Waals surface area contributed by atoms with Gasteiger partial charge in [0.15, 0.2) is 5.96 Å². The lowest BCUT2D eigenvalue weighted by atomic mass is 10.2. The van der Waals surface area contributed by atoms with Crippen molar-refractivity contribution in [3.8, 4) is 11.5 Å². The topological polar surface area (TPSA) is 79.8 Å². The number of pyridine rings is 1. The third kappa shape index (κ3) is 9.50. The van der Waals surface area contributed by atoms with Crippen molar-refractivity contribution in [3.05, 3.63) is 48.2 Å². The van der Waals surface area contributed by atoms with Gasteiger partial charge in [-0.15, -0.1) is 0 Å². The fraction of sp³-hybridized carbons (Fsp3) is 0.455. The van der Waals surface area contributed by atoms with Crippen LogP contribution in [0.5, 0.6) is 11.5 Å². The lowest BCUT2D eigenvalue weighted by Gasteiger charge is -2.16. The summed E-state index contributed by atoms with van der Waals surface area (Å²) >= 11 is 0. The largest absolute Gasteiger partial charge is 0.493 e. The van der Waals surface area contributed by atoms with Crippen LogP contribution < -0.4 is 25.4 Å². The number of halogens is 2. The summed E-state index contributed by atoms with van der Waals surface area (Å²) in [4.78, 5) is 8.39. The second-order valence-electron chi connectivity index (χ2n) is 6.70. The van der Waals surface area contributed by atoms with Gasteiger partial charge in [0.25, 0.3) is 0 Å². The maximum absolute atomic E-state index is 12.8. The zero-order valence-electron chi connectivity index (χ0n) is 18.0. The molecule has 0 saturated heterocycles. The molecule has 1 heterocycles. The first-order valence-corrected chi connectivity index (χ1v) is 10.4. The van der Waals surface area contributed by atoms with E-state index in [9.17, 15) is 8.78 Å². The van der Waals surface area contributed by atoms with Gasteiger partial charge in [0.05, 0.1) is 6.61 Å². The Balaban J connectivity index is 1.76. The first-order valence-electron chi connectivity index (χ1n) is 10.4. The van der Waals surface area contributed by atoms with Crippen molar-refractivity contribution in [3.63, 3.8) is 0 Å². The average molecular weight is 436 g/mol. The molecule has 0 aliphatic rings. The molecule has 1 aromatic heterocycles. The Kier molecular flexibility index (Phi) is 10.9. The lowest BCUT2D eigenvalue weighted by Crippen LogP contribution is -2.37. The Bertz CT molecular complexity index is 791. The number of ether oxygens (including phenoxy) is 2. The summed E-state index contributed by atoms with van der Waals surface area (Å²) < 4.78 is 35.8. The van der Waals surface area contributed by atoms with Gasteiger partial charge in [-0.1, -0.05) is 13.0 Å². The summed E-state index contributed by atoms with van der Waals surface area (Å²) in [6.45, 7) is 1.43. The molecular weight excluding hydrogens is 404 g/mol. The molecule has 2 rings (SSSR count). The van der Waals surface area contributed by atoms with Crippen molar-refractivity contribution in [1.29, 1.82) is 0 Å². The molecule has 170 valence electrons. The van der Waals surface area contributed by atoms with Gasteiger partial charge in [-0.25, -0.2) is 4.98 Å². The van der Waals surface area contributed by atoms with Gasteiger partial charge in [0, 0.05) is 44.5 Å². The third-order valence-corrected chi connectivity index (χ3v) is 4.26. The fourth-order valence-corrected chi connectivity index (χ4v) is 2.74. The number of hydrogen-bond donors (Lipinski definition) is 3. The highest BCUT2D eigenvalue weighted by molar-refractivity contribution is 5.79. The number of guanidine groups is 1. The predicted octanol–water partition coefficient (Wildman–Crippen LogP) is 4.03. The van der Waals surface area contributed by atoms with Crippen LogP contribution in [-0.4, -0.2) is 44.3 Å². The number of alkyl halides is 2. The SMILES string of the molecule is CCCOc1ccc(CNC(=NC)NCCCCNc2ccccn2)c(OC(F)F)c1. The summed E-state index contributed by atoms with van der Waals surface area (Å²) in [6, 6.07) is 10.7. The summed E-state index contributed by atoms with van der Waals surface area (Å²) in [5.74, 6) is 2.04. The average Bonchev–Trinajstić information content (AvgIpc) is 2.78. The Labute approximate surface area is 182 Å². The van der Waals surface area contributed by atoms with Gasteiger partial charge in [-0.2, -0.15) is 8.78 Å². The van der Waals surface area contributed by atoms with Crippen LogP contribution in [0.15, 0.2) is 47.6 Å². The monoisotopic (exact) mass is 435 g/mol. The number of hydrogen-bond acceptors (Lipinski definition) is 5. The number of nitrogens with zero attached hydrogens (tertiary/aromatic N) is 2. The number of benzene rings is 1. The van der Waals surface area contributed by atoms with E-state index in [4.69, 9.17) is 4.74 Å².